The lowest BCUT2D eigenvalue weighted by Gasteiger charge is -2.08. The van der Waals surface area contributed by atoms with Crippen molar-refractivity contribution < 1.29 is 9.18 Å². The van der Waals surface area contributed by atoms with Crippen LogP contribution in [0.5, 0.6) is 0 Å². The van der Waals surface area contributed by atoms with E-state index in [2.05, 4.69) is 5.32 Å². The van der Waals surface area contributed by atoms with E-state index in [1.54, 1.807) is 0 Å². The molecule has 0 aromatic heterocycles. The molecule has 102 valence electrons. The van der Waals surface area contributed by atoms with Crippen molar-refractivity contribution in [1.29, 1.82) is 0 Å². The third kappa shape index (κ3) is 2.50. The van der Waals surface area contributed by atoms with Gasteiger partial charge >= 0.3 is 0 Å². The largest absolute Gasteiger partial charge is 0.399 e. The second-order valence-electron chi connectivity index (χ2n) is 5.06. The van der Waals surface area contributed by atoms with E-state index in [4.69, 9.17) is 5.73 Å². The highest BCUT2D eigenvalue weighted by Crippen LogP contribution is 2.23. The number of benzene rings is 2. The Bertz CT molecular complexity index is 662. The average Bonchev–Trinajstić information content (AvgIpc) is 2.84. The van der Waals surface area contributed by atoms with Gasteiger partial charge in [-0.05, 0) is 60.7 Å². The molecule has 4 heteroatoms. The number of aryl methyl sites for hydroxylation is 2. The van der Waals surface area contributed by atoms with Gasteiger partial charge in [0.2, 0.25) is 0 Å². The van der Waals surface area contributed by atoms with Gasteiger partial charge < -0.3 is 11.1 Å². The molecule has 0 atom stereocenters. The average molecular weight is 270 g/mol. The Morgan fingerprint density at radius 3 is 2.70 bits per heavy atom. The maximum atomic E-state index is 13.2. The fraction of sp³-hybridized carbons (Fsp3) is 0.188. The highest BCUT2D eigenvalue weighted by molar-refractivity contribution is 6.04. The third-order valence-corrected chi connectivity index (χ3v) is 3.54. The van der Waals surface area contributed by atoms with Crippen LogP contribution in [0, 0.1) is 5.82 Å². The first-order valence-corrected chi connectivity index (χ1v) is 6.61. The number of amides is 1. The van der Waals surface area contributed by atoms with Gasteiger partial charge in [-0.15, -0.1) is 0 Å². The summed E-state index contributed by atoms with van der Waals surface area (Å²) in [6.45, 7) is 0. The summed E-state index contributed by atoms with van der Waals surface area (Å²) in [5.74, 6) is -0.709. The van der Waals surface area contributed by atoms with Crippen molar-refractivity contribution in [3.05, 3.63) is 58.9 Å². The summed E-state index contributed by atoms with van der Waals surface area (Å²) in [5.41, 5.74) is 9.35. The summed E-state index contributed by atoms with van der Waals surface area (Å²) < 4.78 is 13.2. The Morgan fingerprint density at radius 2 is 1.90 bits per heavy atom. The Kier molecular flexibility index (Phi) is 3.14. The maximum absolute atomic E-state index is 13.2. The number of nitrogens with two attached hydrogens (primary N) is 1. The van der Waals surface area contributed by atoms with Crippen molar-refractivity contribution in [2.45, 2.75) is 19.3 Å². The van der Waals surface area contributed by atoms with Gasteiger partial charge in [-0.3, -0.25) is 4.79 Å². The van der Waals surface area contributed by atoms with E-state index in [9.17, 15) is 9.18 Å². The monoisotopic (exact) mass is 270 g/mol. The highest BCUT2D eigenvalue weighted by atomic mass is 19.1. The van der Waals surface area contributed by atoms with Gasteiger partial charge in [0.05, 0.1) is 0 Å². The van der Waals surface area contributed by atoms with Gasteiger partial charge in [-0.1, -0.05) is 6.07 Å². The Morgan fingerprint density at radius 1 is 1.10 bits per heavy atom. The van der Waals surface area contributed by atoms with Crippen LogP contribution in [-0.2, 0) is 12.8 Å². The molecule has 3 N–H and O–H groups in total. The number of hydrogen-bond donors (Lipinski definition) is 2. The summed E-state index contributed by atoms with van der Waals surface area (Å²) >= 11 is 0. The predicted molar refractivity (Wildman–Crippen MR) is 77.2 cm³/mol. The second kappa shape index (κ2) is 4.96. The lowest BCUT2D eigenvalue weighted by molar-refractivity contribution is 0.102. The summed E-state index contributed by atoms with van der Waals surface area (Å²) in [4.78, 5) is 12.2. The molecule has 0 bridgehead atoms. The van der Waals surface area contributed by atoms with Crippen LogP contribution in [0.2, 0.25) is 0 Å². The lowest BCUT2D eigenvalue weighted by Crippen LogP contribution is -2.12. The zero-order valence-corrected chi connectivity index (χ0v) is 10.9. The first-order valence-electron chi connectivity index (χ1n) is 6.61. The van der Waals surface area contributed by atoms with Gasteiger partial charge in [0, 0.05) is 16.9 Å². The molecule has 1 aliphatic rings. The Labute approximate surface area is 116 Å². The van der Waals surface area contributed by atoms with Crippen LogP contribution in [-0.4, -0.2) is 5.91 Å². The number of rotatable bonds is 2. The highest BCUT2D eigenvalue weighted by Gasteiger charge is 2.14. The minimum atomic E-state index is -0.464. The Balaban J connectivity index is 1.82. The third-order valence-electron chi connectivity index (χ3n) is 3.54. The number of anilines is 2. The molecule has 2 aromatic carbocycles. The standard InChI is InChI=1S/C16H15FN2O/c17-13-7-14(18)9-15(8-13)19-16(20)12-5-4-10-2-1-3-11(10)6-12/h4-9H,1-3,18H2,(H,19,20). The summed E-state index contributed by atoms with van der Waals surface area (Å²) in [6.07, 6.45) is 3.24. The molecule has 0 spiro atoms. The van der Waals surface area contributed by atoms with Crippen LogP contribution in [0.4, 0.5) is 15.8 Å². The van der Waals surface area contributed by atoms with E-state index in [-0.39, 0.29) is 11.6 Å². The molecule has 2 aromatic rings. The summed E-state index contributed by atoms with van der Waals surface area (Å²) in [6, 6.07) is 9.72. The topological polar surface area (TPSA) is 55.1 Å². The predicted octanol–water partition coefficient (Wildman–Crippen LogP) is 3.15. The van der Waals surface area contributed by atoms with E-state index in [1.165, 1.54) is 29.3 Å². The number of carbonyl (C=O) groups excluding carboxylic acids is 1. The van der Waals surface area contributed by atoms with Crippen LogP contribution in [0.3, 0.4) is 0 Å². The first-order chi connectivity index (χ1) is 9.61. The Hall–Kier alpha value is -2.36. The zero-order chi connectivity index (χ0) is 14.1. The molecule has 0 fully saturated rings. The second-order valence-corrected chi connectivity index (χ2v) is 5.06. The van der Waals surface area contributed by atoms with Crippen LogP contribution < -0.4 is 11.1 Å². The van der Waals surface area contributed by atoms with Gasteiger partial charge in [0.15, 0.2) is 0 Å². The quantitative estimate of drug-likeness (QED) is 0.824. The number of hydrogen-bond acceptors (Lipinski definition) is 2. The van der Waals surface area contributed by atoms with E-state index >= 15 is 0 Å². The van der Waals surface area contributed by atoms with Crippen molar-refractivity contribution in [3.63, 3.8) is 0 Å². The number of carbonyl (C=O) groups is 1. The molecule has 0 unspecified atom stereocenters. The fourth-order valence-corrected chi connectivity index (χ4v) is 2.60. The molecule has 3 rings (SSSR count). The normalized spacial score (nSPS) is 13.1. The maximum Gasteiger partial charge on any atom is 0.255 e. The molecular weight excluding hydrogens is 255 g/mol. The molecule has 1 amide bonds. The van der Waals surface area contributed by atoms with E-state index < -0.39 is 5.82 Å². The summed E-state index contributed by atoms with van der Waals surface area (Å²) in [7, 11) is 0. The molecule has 0 saturated heterocycles. The van der Waals surface area contributed by atoms with Gasteiger partial charge in [-0.2, -0.15) is 0 Å². The molecule has 1 aliphatic carbocycles. The van der Waals surface area contributed by atoms with Crippen LogP contribution in [0.1, 0.15) is 27.9 Å². The van der Waals surface area contributed by atoms with Crippen molar-refractivity contribution in [1.82, 2.24) is 0 Å². The van der Waals surface area contributed by atoms with Gasteiger partial charge in [0.25, 0.3) is 5.91 Å². The van der Waals surface area contributed by atoms with E-state index in [0.717, 1.165) is 19.3 Å². The first kappa shape index (κ1) is 12.7. The molecule has 3 nitrogen and oxygen atoms in total. The van der Waals surface area contributed by atoms with Crippen LogP contribution >= 0.6 is 0 Å². The van der Waals surface area contributed by atoms with Gasteiger partial charge in [-0.25, -0.2) is 4.39 Å². The number of nitrogens with one attached hydrogen (secondary N) is 1. The van der Waals surface area contributed by atoms with Crippen molar-refractivity contribution in [2.24, 2.45) is 0 Å². The van der Waals surface area contributed by atoms with Crippen molar-refractivity contribution >= 4 is 17.3 Å². The van der Waals surface area contributed by atoms with Crippen molar-refractivity contribution in [3.8, 4) is 0 Å². The minimum absolute atomic E-state index is 0.246. The van der Waals surface area contributed by atoms with Gasteiger partial charge in [0.1, 0.15) is 5.82 Å². The van der Waals surface area contributed by atoms with Crippen molar-refractivity contribution in [2.75, 3.05) is 11.1 Å². The van der Waals surface area contributed by atoms with E-state index in [1.807, 2.05) is 18.2 Å². The molecular formula is C16H15FN2O. The lowest BCUT2D eigenvalue weighted by atomic mass is 10.1. The molecule has 20 heavy (non-hydrogen) atoms. The molecule has 0 heterocycles. The smallest absolute Gasteiger partial charge is 0.255 e. The van der Waals surface area contributed by atoms with E-state index in [0.29, 0.717) is 11.3 Å². The molecule has 0 aliphatic heterocycles. The number of nitrogen functional groups attached to an aromatic ring is 1. The minimum Gasteiger partial charge on any atom is -0.399 e. The molecule has 0 saturated carbocycles. The van der Waals surface area contributed by atoms with Crippen LogP contribution in [0.25, 0.3) is 0 Å². The SMILES string of the molecule is Nc1cc(F)cc(NC(=O)c2ccc3c(c2)CCC3)c1. The molecule has 0 radical (unpaired) electrons. The summed E-state index contributed by atoms with van der Waals surface area (Å²) in [5, 5.41) is 2.67. The number of fused-ring (bicyclic) bond motifs is 1. The fourth-order valence-electron chi connectivity index (χ4n) is 2.60. The van der Waals surface area contributed by atoms with Crippen LogP contribution in [0.15, 0.2) is 36.4 Å². The zero-order valence-electron chi connectivity index (χ0n) is 10.9. The number of halogens is 1.